The lowest BCUT2D eigenvalue weighted by atomic mass is 9.85. The highest BCUT2D eigenvalue weighted by Crippen LogP contribution is 2.36. The molecule has 0 radical (unpaired) electrons. The Morgan fingerprint density at radius 3 is 2.71 bits per heavy atom. The largest absolute Gasteiger partial charge is 0.338 e. The lowest BCUT2D eigenvalue weighted by Crippen LogP contribution is -2.68. The number of aryl methyl sites for hydroxylation is 1. The van der Waals surface area contributed by atoms with Gasteiger partial charge in [0.1, 0.15) is 5.82 Å². The zero-order valence-electron chi connectivity index (χ0n) is 13.9. The number of hydrogen-bond donors (Lipinski definition) is 1. The first-order valence-corrected chi connectivity index (χ1v) is 8.53. The van der Waals surface area contributed by atoms with Crippen LogP contribution in [0.5, 0.6) is 0 Å². The van der Waals surface area contributed by atoms with Crippen LogP contribution in [0.25, 0.3) is 0 Å². The van der Waals surface area contributed by atoms with Crippen molar-refractivity contribution >= 4 is 0 Å². The van der Waals surface area contributed by atoms with Crippen molar-refractivity contribution in [3.8, 4) is 0 Å². The summed E-state index contributed by atoms with van der Waals surface area (Å²) >= 11 is 0. The van der Waals surface area contributed by atoms with Crippen LogP contribution < -0.4 is 5.32 Å². The molecule has 0 aromatic carbocycles. The molecule has 1 saturated heterocycles. The third kappa shape index (κ3) is 2.88. The van der Waals surface area contributed by atoms with Gasteiger partial charge >= 0.3 is 0 Å². The molecule has 0 bridgehead atoms. The summed E-state index contributed by atoms with van der Waals surface area (Å²) in [6.45, 7) is 8.20. The smallest absolute Gasteiger partial charge is 0.109 e. The van der Waals surface area contributed by atoms with Gasteiger partial charge in [-0.1, -0.05) is 19.8 Å². The topological polar surface area (TPSA) is 33.1 Å². The molecule has 1 aromatic heterocycles. The van der Waals surface area contributed by atoms with Crippen LogP contribution in [-0.2, 0) is 13.5 Å². The van der Waals surface area contributed by atoms with E-state index in [1.165, 1.54) is 44.5 Å². The Labute approximate surface area is 128 Å². The minimum Gasteiger partial charge on any atom is -0.338 e. The SMILES string of the molecule is CCC1(C)CNC2(CCCC2)CN1CCc1nccn1C. The molecular weight excluding hydrogens is 260 g/mol. The number of nitrogens with zero attached hydrogens (tertiary/aromatic N) is 3. The maximum atomic E-state index is 4.48. The summed E-state index contributed by atoms with van der Waals surface area (Å²) < 4.78 is 2.15. The first kappa shape index (κ1) is 15.0. The van der Waals surface area contributed by atoms with Crippen molar-refractivity contribution in [2.45, 2.75) is 63.5 Å². The molecule has 21 heavy (non-hydrogen) atoms. The molecule has 1 aromatic rings. The lowest BCUT2D eigenvalue weighted by Gasteiger charge is -2.52. The highest BCUT2D eigenvalue weighted by Gasteiger charge is 2.45. The van der Waals surface area contributed by atoms with Crippen molar-refractivity contribution in [1.29, 1.82) is 0 Å². The third-order valence-corrected chi connectivity index (χ3v) is 5.95. The first-order chi connectivity index (χ1) is 10.1. The van der Waals surface area contributed by atoms with E-state index >= 15 is 0 Å². The molecule has 4 heteroatoms. The summed E-state index contributed by atoms with van der Waals surface area (Å²) in [5.74, 6) is 1.20. The molecule has 0 amide bonds. The van der Waals surface area contributed by atoms with E-state index in [0.29, 0.717) is 11.1 Å². The van der Waals surface area contributed by atoms with Crippen molar-refractivity contribution in [2.75, 3.05) is 19.6 Å². The van der Waals surface area contributed by atoms with Gasteiger partial charge < -0.3 is 9.88 Å². The van der Waals surface area contributed by atoms with E-state index in [1.807, 2.05) is 12.4 Å². The molecule has 1 atom stereocenters. The quantitative estimate of drug-likeness (QED) is 0.924. The van der Waals surface area contributed by atoms with Gasteiger partial charge in [0.25, 0.3) is 0 Å². The van der Waals surface area contributed by atoms with Crippen LogP contribution >= 0.6 is 0 Å². The van der Waals surface area contributed by atoms with Crippen molar-refractivity contribution in [3.63, 3.8) is 0 Å². The number of imidazole rings is 1. The summed E-state index contributed by atoms with van der Waals surface area (Å²) in [6.07, 6.45) is 11.7. The van der Waals surface area contributed by atoms with E-state index in [2.05, 4.69) is 40.7 Å². The number of rotatable bonds is 4. The van der Waals surface area contributed by atoms with Gasteiger partial charge in [0.05, 0.1) is 0 Å². The Balaban J connectivity index is 1.70. The second-order valence-corrected chi connectivity index (χ2v) is 7.32. The van der Waals surface area contributed by atoms with Gasteiger partial charge in [-0.15, -0.1) is 0 Å². The van der Waals surface area contributed by atoms with Gasteiger partial charge in [-0.3, -0.25) is 4.90 Å². The van der Waals surface area contributed by atoms with Crippen molar-refractivity contribution in [2.24, 2.45) is 7.05 Å². The number of nitrogens with one attached hydrogen (secondary N) is 1. The van der Waals surface area contributed by atoms with Gasteiger partial charge in [-0.25, -0.2) is 4.98 Å². The van der Waals surface area contributed by atoms with Crippen LogP contribution in [0.1, 0.15) is 51.8 Å². The Hall–Kier alpha value is -0.870. The third-order valence-electron chi connectivity index (χ3n) is 5.95. The minimum atomic E-state index is 0.291. The maximum Gasteiger partial charge on any atom is 0.109 e. The van der Waals surface area contributed by atoms with E-state index in [1.54, 1.807) is 0 Å². The average Bonchev–Trinajstić information content (AvgIpc) is 3.10. The second-order valence-electron chi connectivity index (χ2n) is 7.32. The molecule has 3 rings (SSSR count). The van der Waals surface area contributed by atoms with E-state index in [9.17, 15) is 0 Å². The molecule has 1 unspecified atom stereocenters. The average molecular weight is 290 g/mol. The summed E-state index contributed by atoms with van der Waals surface area (Å²) in [6, 6.07) is 0. The molecule has 4 nitrogen and oxygen atoms in total. The fourth-order valence-corrected chi connectivity index (χ4v) is 4.06. The normalized spacial score (nSPS) is 29.3. The van der Waals surface area contributed by atoms with Crippen LogP contribution in [0.3, 0.4) is 0 Å². The number of piperazine rings is 1. The van der Waals surface area contributed by atoms with Crippen LogP contribution in [0, 0.1) is 0 Å². The second kappa shape index (κ2) is 5.73. The van der Waals surface area contributed by atoms with Gasteiger partial charge in [0.15, 0.2) is 0 Å². The molecule has 1 aliphatic heterocycles. The van der Waals surface area contributed by atoms with Crippen molar-refractivity contribution < 1.29 is 0 Å². The summed E-state index contributed by atoms with van der Waals surface area (Å²) in [5.41, 5.74) is 0.690. The monoisotopic (exact) mass is 290 g/mol. The summed E-state index contributed by atoms with van der Waals surface area (Å²) in [5, 5.41) is 3.91. The van der Waals surface area contributed by atoms with E-state index in [-0.39, 0.29) is 0 Å². The van der Waals surface area contributed by atoms with E-state index in [4.69, 9.17) is 0 Å². The molecule has 1 N–H and O–H groups in total. The van der Waals surface area contributed by atoms with Crippen LogP contribution in [-0.4, -0.2) is 45.2 Å². The maximum absolute atomic E-state index is 4.48. The summed E-state index contributed by atoms with van der Waals surface area (Å²) in [7, 11) is 2.09. The predicted molar refractivity (Wildman–Crippen MR) is 86.4 cm³/mol. The fourth-order valence-electron chi connectivity index (χ4n) is 4.06. The van der Waals surface area contributed by atoms with Gasteiger partial charge in [-0.2, -0.15) is 0 Å². The predicted octanol–water partition coefficient (Wildman–Crippen LogP) is 2.35. The molecule has 1 saturated carbocycles. The number of hydrogen-bond acceptors (Lipinski definition) is 3. The van der Waals surface area contributed by atoms with E-state index in [0.717, 1.165) is 19.5 Å². The molecule has 2 heterocycles. The lowest BCUT2D eigenvalue weighted by molar-refractivity contribution is 0.0148. The van der Waals surface area contributed by atoms with Crippen molar-refractivity contribution in [3.05, 3.63) is 18.2 Å². The minimum absolute atomic E-state index is 0.291. The zero-order chi connectivity index (χ0) is 14.9. The Morgan fingerprint density at radius 2 is 2.10 bits per heavy atom. The van der Waals surface area contributed by atoms with Crippen LogP contribution in [0.15, 0.2) is 12.4 Å². The molecule has 1 spiro atoms. The van der Waals surface area contributed by atoms with Crippen molar-refractivity contribution in [1.82, 2.24) is 19.8 Å². The molecule has 118 valence electrons. The van der Waals surface area contributed by atoms with Gasteiger partial charge in [0, 0.05) is 56.6 Å². The fraction of sp³-hybridized carbons (Fsp3) is 0.824. The molecule has 2 fully saturated rings. The van der Waals surface area contributed by atoms with Gasteiger partial charge in [-0.05, 0) is 26.2 Å². The standard InChI is InChI=1S/C17H30N4/c1-4-16(2)13-19-17(8-5-6-9-17)14-21(16)11-7-15-18-10-12-20(15)3/h10,12,19H,4-9,11,13-14H2,1-3H3. The van der Waals surface area contributed by atoms with Crippen LogP contribution in [0.4, 0.5) is 0 Å². The first-order valence-electron chi connectivity index (χ1n) is 8.53. The highest BCUT2D eigenvalue weighted by molar-refractivity contribution is 5.06. The molecule has 2 aliphatic rings. The molecular formula is C17H30N4. The highest BCUT2D eigenvalue weighted by atomic mass is 15.3. The Kier molecular flexibility index (Phi) is 4.10. The zero-order valence-corrected chi connectivity index (χ0v) is 13.9. The summed E-state index contributed by atoms with van der Waals surface area (Å²) in [4.78, 5) is 7.22. The van der Waals surface area contributed by atoms with Crippen LogP contribution in [0.2, 0.25) is 0 Å². The molecule has 1 aliphatic carbocycles. The van der Waals surface area contributed by atoms with E-state index < -0.39 is 0 Å². The Morgan fingerprint density at radius 1 is 1.33 bits per heavy atom. The van der Waals surface area contributed by atoms with Gasteiger partial charge in [0.2, 0.25) is 0 Å². The Bertz CT molecular complexity index is 475. The number of aromatic nitrogens is 2.